The fourth-order valence-corrected chi connectivity index (χ4v) is 4.42. The Morgan fingerprint density at radius 1 is 1.30 bits per heavy atom. The summed E-state index contributed by atoms with van der Waals surface area (Å²) < 4.78 is 14.3. The van der Waals surface area contributed by atoms with Crippen LogP contribution in [0.4, 0.5) is 4.39 Å². The molecule has 0 aliphatic heterocycles. The summed E-state index contributed by atoms with van der Waals surface area (Å²) in [6.07, 6.45) is 15.3. The van der Waals surface area contributed by atoms with Gasteiger partial charge in [-0.1, -0.05) is 55.8 Å². The zero-order valence-corrected chi connectivity index (χ0v) is 19.4. The van der Waals surface area contributed by atoms with Crippen molar-refractivity contribution in [1.82, 2.24) is 0 Å². The van der Waals surface area contributed by atoms with Crippen LogP contribution in [0.25, 0.3) is 0 Å². The van der Waals surface area contributed by atoms with E-state index in [0.717, 1.165) is 61.3 Å². The number of benzene rings is 1. The van der Waals surface area contributed by atoms with Crippen molar-refractivity contribution in [3.8, 4) is 0 Å². The van der Waals surface area contributed by atoms with Gasteiger partial charge in [0.1, 0.15) is 5.82 Å². The fourth-order valence-electron chi connectivity index (χ4n) is 4.42. The molecule has 0 saturated carbocycles. The summed E-state index contributed by atoms with van der Waals surface area (Å²) in [5.74, 6) is 0.776. The van der Waals surface area contributed by atoms with E-state index in [4.69, 9.17) is 5.73 Å². The quantitative estimate of drug-likeness (QED) is 0.305. The number of allylic oxidation sites excluding steroid dienone is 7. The number of hydrogen-bond acceptors (Lipinski definition) is 1. The van der Waals surface area contributed by atoms with E-state index in [9.17, 15) is 4.39 Å². The summed E-state index contributed by atoms with van der Waals surface area (Å²) in [6.45, 7) is 12.7. The predicted molar refractivity (Wildman–Crippen MR) is 129 cm³/mol. The number of hydrogen-bond donors (Lipinski definition) is 1. The van der Waals surface area contributed by atoms with Crippen LogP contribution in [0.15, 0.2) is 65.4 Å². The van der Waals surface area contributed by atoms with Gasteiger partial charge in [-0.25, -0.2) is 4.39 Å². The van der Waals surface area contributed by atoms with E-state index in [1.165, 1.54) is 29.6 Å². The van der Waals surface area contributed by atoms with Crippen LogP contribution in [0.5, 0.6) is 0 Å². The lowest BCUT2D eigenvalue weighted by Crippen LogP contribution is -2.08. The average Bonchev–Trinajstić information content (AvgIpc) is 2.75. The molecule has 1 aromatic rings. The molecule has 0 aromatic heterocycles. The third-order valence-corrected chi connectivity index (χ3v) is 6.52. The third-order valence-electron chi connectivity index (χ3n) is 6.52. The first kappa shape index (κ1) is 24.2. The van der Waals surface area contributed by atoms with Gasteiger partial charge in [-0.2, -0.15) is 0 Å². The number of aryl methyl sites for hydroxylation is 1. The van der Waals surface area contributed by atoms with Crippen molar-refractivity contribution in [3.63, 3.8) is 0 Å². The first-order valence-electron chi connectivity index (χ1n) is 11.6. The van der Waals surface area contributed by atoms with Crippen LogP contribution < -0.4 is 5.73 Å². The van der Waals surface area contributed by atoms with Gasteiger partial charge in [0.25, 0.3) is 0 Å². The maximum atomic E-state index is 14.3. The molecule has 0 saturated heterocycles. The molecule has 1 nitrogen and oxygen atoms in total. The fraction of sp³-hybridized carbons (Fsp3) is 0.500. The van der Waals surface area contributed by atoms with Gasteiger partial charge in [-0.3, -0.25) is 0 Å². The van der Waals surface area contributed by atoms with Crippen LogP contribution in [0.2, 0.25) is 0 Å². The van der Waals surface area contributed by atoms with Crippen molar-refractivity contribution in [2.75, 3.05) is 0 Å². The normalized spacial score (nSPS) is 18.8. The summed E-state index contributed by atoms with van der Waals surface area (Å²) in [7, 11) is 0. The van der Waals surface area contributed by atoms with Gasteiger partial charge in [-0.15, -0.1) is 0 Å². The topological polar surface area (TPSA) is 26.0 Å². The molecule has 0 bridgehead atoms. The second kappa shape index (κ2) is 11.9. The number of halogens is 1. The molecule has 0 radical (unpaired) electrons. The zero-order chi connectivity index (χ0) is 22.1. The standard InChI is InChI=1S/C28H40FN/c1-6-25(30)17-12-21(4)24-15-13-23(14-16-24)10-8-9-22(5)26(7-2)27-19-20(3)11-18-28(27)29/h11-12,15,17-19,23,26H,5-10,13-14,16,30H2,1-4H3/b21-12+,25-17+/t23-,26?/m1/s1. The van der Waals surface area contributed by atoms with Crippen molar-refractivity contribution < 1.29 is 4.39 Å². The highest BCUT2D eigenvalue weighted by atomic mass is 19.1. The summed E-state index contributed by atoms with van der Waals surface area (Å²) in [6, 6.07) is 5.42. The highest BCUT2D eigenvalue weighted by Crippen LogP contribution is 2.35. The Kier molecular flexibility index (Phi) is 9.62. The van der Waals surface area contributed by atoms with Crippen molar-refractivity contribution in [2.24, 2.45) is 11.7 Å². The molecule has 164 valence electrons. The minimum atomic E-state index is -0.0995. The molecular formula is C28H40FN. The molecule has 1 unspecified atom stereocenters. The molecule has 30 heavy (non-hydrogen) atoms. The number of nitrogens with two attached hydrogens (primary N) is 1. The molecule has 1 aromatic carbocycles. The Labute approximate surface area is 183 Å². The minimum absolute atomic E-state index is 0.0995. The van der Waals surface area contributed by atoms with Crippen molar-refractivity contribution in [3.05, 3.63) is 82.4 Å². The van der Waals surface area contributed by atoms with E-state index in [-0.39, 0.29) is 11.7 Å². The van der Waals surface area contributed by atoms with E-state index < -0.39 is 0 Å². The second-order valence-corrected chi connectivity index (χ2v) is 8.85. The molecule has 0 spiro atoms. The molecule has 2 rings (SSSR count). The molecule has 1 aliphatic carbocycles. The van der Waals surface area contributed by atoms with Gasteiger partial charge in [0.2, 0.25) is 0 Å². The molecule has 2 atom stereocenters. The smallest absolute Gasteiger partial charge is 0.127 e. The van der Waals surface area contributed by atoms with Gasteiger partial charge in [-0.05, 0) is 100.0 Å². The van der Waals surface area contributed by atoms with E-state index in [1.54, 1.807) is 6.07 Å². The Balaban J connectivity index is 1.85. The maximum absolute atomic E-state index is 14.3. The van der Waals surface area contributed by atoms with Gasteiger partial charge in [0, 0.05) is 11.6 Å². The van der Waals surface area contributed by atoms with Crippen LogP contribution >= 0.6 is 0 Å². The Hall–Kier alpha value is -2.09. The first-order chi connectivity index (χ1) is 14.3. The molecular weight excluding hydrogens is 369 g/mol. The van der Waals surface area contributed by atoms with E-state index in [0.29, 0.717) is 0 Å². The molecule has 0 amide bonds. The lowest BCUT2D eigenvalue weighted by Gasteiger charge is -2.24. The largest absolute Gasteiger partial charge is 0.402 e. The highest BCUT2D eigenvalue weighted by molar-refractivity contribution is 5.34. The highest BCUT2D eigenvalue weighted by Gasteiger charge is 2.19. The maximum Gasteiger partial charge on any atom is 0.127 e. The van der Waals surface area contributed by atoms with Crippen LogP contribution in [0.1, 0.15) is 89.2 Å². The predicted octanol–water partition coefficient (Wildman–Crippen LogP) is 8.28. The molecule has 0 fully saturated rings. The molecule has 2 heteroatoms. The summed E-state index contributed by atoms with van der Waals surface area (Å²) in [5, 5.41) is 0. The second-order valence-electron chi connectivity index (χ2n) is 8.85. The summed E-state index contributed by atoms with van der Waals surface area (Å²) >= 11 is 0. The molecule has 0 heterocycles. The van der Waals surface area contributed by atoms with Gasteiger partial charge in [0.05, 0.1) is 0 Å². The van der Waals surface area contributed by atoms with Gasteiger partial charge in [0.15, 0.2) is 0 Å². The van der Waals surface area contributed by atoms with E-state index in [2.05, 4.69) is 39.5 Å². The van der Waals surface area contributed by atoms with Crippen molar-refractivity contribution in [2.45, 2.75) is 85.0 Å². The molecule has 2 N–H and O–H groups in total. The monoisotopic (exact) mass is 409 g/mol. The van der Waals surface area contributed by atoms with E-state index >= 15 is 0 Å². The minimum Gasteiger partial charge on any atom is -0.402 e. The SMILES string of the molecule is C=C(CCC[C@@H]1CC=C(/C(C)=C/C=C(/N)CC)CC1)C(CC)c1cc(C)ccc1F. The lowest BCUT2D eigenvalue weighted by atomic mass is 9.82. The van der Waals surface area contributed by atoms with Gasteiger partial charge < -0.3 is 5.73 Å². The van der Waals surface area contributed by atoms with Crippen molar-refractivity contribution >= 4 is 0 Å². The molecule has 1 aliphatic rings. The summed E-state index contributed by atoms with van der Waals surface area (Å²) in [5.41, 5.74) is 12.7. The zero-order valence-electron chi connectivity index (χ0n) is 19.4. The van der Waals surface area contributed by atoms with Crippen LogP contribution in [0.3, 0.4) is 0 Å². The van der Waals surface area contributed by atoms with Crippen LogP contribution in [-0.2, 0) is 0 Å². The Morgan fingerprint density at radius 2 is 2.07 bits per heavy atom. The first-order valence-corrected chi connectivity index (χ1v) is 11.6. The lowest BCUT2D eigenvalue weighted by molar-refractivity contribution is 0.423. The van der Waals surface area contributed by atoms with Crippen molar-refractivity contribution in [1.29, 1.82) is 0 Å². The number of rotatable bonds is 10. The average molecular weight is 410 g/mol. The Morgan fingerprint density at radius 3 is 2.70 bits per heavy atom. The Bertz CT molecular complexity index is 812. The van der Waals surface area contributed by atoms with E-state index in [1.807, 2.05) is 25.1 Å². The van der Waals surface area contributed by atoms with Crippen LogP contribution in [0, 0.1) is 18.7 Å². The van der Waals surface area contributed by atoms with Gasteiger partial charge >= 0.3 is 0 Å². The summed E-state index contributed by atoms with van der Waals surface area (Å²) in [4.78, 5) is 0. The van der Waals surface area contributed by atoms with Crippen LogP contribution in [-0.4, -0.2) is 0 Å². The third kappa shape index (κ3) is 7.00.